The van der Waals surface area contributed by atoms with Gasteiger partial charge in [-0.15, -0.1) is 0 Å². The standard InChI is InChI=1S/C16H25N3/c1-4-16(10-14-8-6-5-7-9-14)12-18-15(17)19(16)11-13(2)3/h5-9,13H,4,10-12H2,1-3H3,(H2,17,18). The lowest BCUT2D eigenvalue weighted by Gasteiger charge is -2.40. The molecule has 1 aliphatic rings. The second kappa shape index (κ2) is 5.64. The van der Waals surface area contributed by atoms with Crippen LogP contribution in [0.3, 0.4) is 0 Å². The van der Waals surface area contributed by atoms with Gasteiger partial charge in [0.1, 0.15) is 0 Å². The lowest BCUT2D eigenvalue weighted by atomic mass is 9.86. The molecule has 2 N–H and O–H groups in total. The number of rotatable bonds is 5. The largest absolute Gasteiger partial charge is 0.370 e. The first kappa shape index (κ1) is 13.9. The highest BCUT2D eigenvalue weighted by atomic mass is 15.4. The molecular weight excluding hydrogens is 234 g/mol. The number of aliphatic imine (C=N–C) groups is 1. The molecule has 1 aromatic carbocycles. The summed E-state index contributed by atoms with van der Waals surface area (Å²) in [4.78, 5) is 6.84. The van der Waals surface area contributed by atoms with Crippen molar-refractivity contribution in [2.24, 2.45) is 16.6 Å². The molecule has 1 atom stereocenters. The highest BCUT2D eigenvalue weighted by Gasteiger charge is 2.40. The summed E-state index contributed by atoms with van der Waals surface area (Å²) in [5.74, 6) is 1.31. The molecule has 0 bridgehead atoms. The van der Waals surface area contributed by atoms with Crippen molar-refractivity contribution in [3.05, 3.63) is 35.9 Å². The maximum atomic E-state index is 6.11. The predicted molar refractivity (Wildman–Crippen MR) is 81.2 cm³/mol. The van der Waals surface area contributed by atoms with Crippen LogP contribution in [0.5, 0.6) is 0 Å². The smallest absolute Gasteiger partial charge is 0.191 e. The molecule has 0 aliphatic carbocycles. The monoisotopic (exact) mass is 259 g/mol. The van der Waals surface area contributed by atoms with E-state index in [4.69, 9.17) is 5.73 Å². The van der Waals surface area contributed by atoms with Gasteiger partial charge in [0.2, 0.25) is 0 Å². The SMILES string of the molecule is CCC1(Cc2ccccc2)CN=C(N)N1CC(C)C. The normalized spacial score (nSPS) is 22.9. The average Bonchev–Trinajstić information content (AvgIpc) is 2.69. The van der Waals surface area contributed by atoms with Gasteiger partial charge in [-0.3, -0.25) is 4.99 Å². The second-order valence-electron chi connectivity index (χ2n) is 5.92. The van der Waals surface area contributed by atoms with Crippen LogP contribution in [0.15, 0.2) is 35.3 Å². The van der Waals surface area contributed by atoms with Crippen LogP contribution in [0, 0.1) is 5.92 Å². The number of guanidine groups is 1. The van der Waals surface area contributed by atoms with Gasteiger partial charge in [-0.2, -0.15) is 0 Å². The van der Waals surface area contributed by atoms with Crippen LogP contribution in [-0.4, -0.2) is 29.5 Å². The Labute approximate surface area is 116 Å². The molecule has 3 heteroatoms. The summed E-state index contributed by atoms with van der Waals surface area (Å²) >= 11 is 0. The number of nitrogens with zero attached hydrogens (tertiary/aromatic N) is 2. The van der Waals surface area contributed by atoms with Crippen molar-refractivity contribution in [3.8, 4) is 0 Å². The molecule has 0 saturated heterocycles. The van der Waals surface area contributed by atoms with Gasteiger partial charge < -0.3 is 10.6 Å². The van der Waals surface area contributed by atoms with Crippen molar-refractivity contribution in [1.82, 2.24) is 4.90 Å². The van der Waals surface area contributed by atoms with E-state index in [1.807, 2.05) is 0 Å². The van der Waals surface area contributed by atoms with Crippen molar-refractivity contribution in [2.75, 3.05) is 13.1 Å². The van der Waals surface area contributed by atoms with Gasteiger partial charge in [-0.1, -0.05) is 51.1 Å². The Morgan fingerprint density at radius 3 is 2.58 bits per heavy atom. The van der Waals surface area contributed by atoms with E-state index in [9.17, 15) is 0 Å². The molecule has 0 radical (unpaired) electrons. The molecule has 0 saturated carbocycles. The lowest BCUT2D eigenvalue weighted by molar-refractivity contribution is 0.175. The minimum Gasteiger partial charge on any atom is -0.370 e. The van der Waals surface area contributed by atoms with E-state index >= 15 is 0 Å². The summed E-state index contributed by atoms with van der Waals surface area (Å²) in [5.41, 5.74) is 7.54. The molecule has 0 spiro atoms. The maximum absolute atomic E-state index is 6.11. The summed E-state index contributed by atoms with van der Waals surface area (Å²) in [5, 5.41) is 0. The molecule has 1 aliphatic heterocycles. The molecule has 1 unspecified atom stereocenters. The summed E-state index contributed by atoms with van der Waals surface area (Å²) in [6.45, 7) is 8.50. The first-order chi connectivity index (χ1) is 9.07. The van der Waals surface area contributed by atoms with Crippen LogP contribution >= 0.6 is 0 Å². The Bertz CT molecular complexity index is 439. The summed E-state index contributed by atoms with van der Waals surface area (Å²) < 4.78 is 0. The van der Waals surface area contributed by atoms with Gasteiger partial charge in [-0.05, 0) is 24.3 Å². The number of nitrogens with two attached hydrogens (primary N) is 1. The molecule has 1 aromatic rings. The first-order valence-corrected chi connectivity index (χ1v) is 7.19. The van der Waals surface area contributed by atoms with E-state index in [-0.39, 0.29) is 5.54 Å². The number of benzene rings is 1. The van der Waals surface area contributed by atoms with Crippen molar-refractivity contribution in [1.29, 1.82) is 0 Å². The fourth-order valence-electron chi connectivity index (χ4n) is 2.85. The fourth-order valence-corrected chi connectivity index (χ4v) is 2.85. The highest BCUT2D eigenvalue weighted by molar-refractivity contribution is 5.81. The fraction of sp³-hybridized carbons (Fsp3) is 0.562. The minimum absolute atomic E-state index is 0.0652. The van der Waals surface area contributed by atoms with Crippen LogP contribution in [0.1, 0.15) is 32.8 Å². The molecule has 0 amide bonds. The third-order valence-corrected chi connectivity index (χ3v) is 3.97. The maximum Gasteiger partial charge on any atom is 0.191 e. The lowest BCUT2D eigenvalue weighted by Crippen LogP contribution is -2.54. The van der Waals surface area contributed by atoms with E-state index < -0.39 is 0 Å². The summed E-state index contributed by atoms with van der Waals surface area (Å²) in [6.07, 6.45) is 2.08. The van der Waals surface area contributed by atoms with E-state index in [2.05, 4.69) is 61.0 Å². The first-order valence-electron chi connectivity index (χ1n) is 7.19. The van der Waals surface area contributed by atoms with Gasteiger partial charge in [0.25, 0.3) is 0 Å². The van der Waals surface area contributed by atoms with Crippen molar-refractivity contribution in [3.63, 3.8) is 0 Å². The van der Waals surface area contributed by atoms with Crippen LogP contribution in [-0.2, 0) is 6.42 Å². The molecule has 0 fully saturated rings. The summed E-state index contributed by atoms with van der Waals surface area (Å²) in [7, 11) is 0. The Morgan fingerprint density at radius 2 is 2.00 bits per heavy atom. The molecule has 104 valence electrons. The van der Waals surface area contributed by atoms with Crippen molar-refractivity contribution < 1.29 is 0 Å². The number of hydrogen-bond acceptors (Lipinski definition) is 3. The quantitative estimate of drug-likeness (QED) is 0.883. The van der Waals surface area contributed by atoms with E-state index in [1.54, 1.807) is 0 Å². The Kier molecular flexibility index (Phi) is 4.13. The zero-order chi connectivity index (χ0) is 13.9. The van der Waals surface area contributed by atoms with Crippen LogP contribution in [0.2, 0.25) is 0 Å². The van der Waals surface area contributed by atoms with Crippen LogP contribution in [0.25, 0.3) is 0 Å². The zero-order valence-electron chi connectivity index (χ0n) is 12.3. The van der Waals surface area contributed by atoms with Crippen LogP contribution in [0.4, 0.5) is 0 Å². The van der Waals surface area contributed by atoms with Gasteiger partial charge in [0.15, 0.2) is 5.96 Å². The summed E-state index contributed by atoms with van der Waals surface area (Å²) in [6, 6.07) is 10.7. The minimum atomic E-state index is 0.0652. The van der Waals surface area contributed by atoms with E-state index in [1.165, 1.54) is 5.56 Å². The van der Waals surface area contributed by atoms with Gasteiger partial charge in [-0.25, -0.2) is 0 Å². The molecule has 0 aromatic heterocycles. The predicted octanol–water partition coefficient (Wildman–Crippen LogP) is 2.66. The Morgan fingerprint density at radius 1 is 1.32 bits per heavy atom. The third kappa shape index (κ3) is 2.91. The third-order valence-electron chi connectivity index (χ3n) is 3.97. The zero-order valence-corrected chi connectivity index (χ0v) is 12.3. The van der Waals surface area contributed by atoms with Gasteiger partial charge in [0, 0.05) is 6.54 Å². The molecular formula is C16H25N3. The van der Waals surface area contributed by atoms with Crippen LogP contribution < -0.4 is 5.73 Å². The topological polar surface area (TPSA) is 41.6 Å². The van der Waals surface area contributed by atoms with Crippen molar-refractivity contribution >= 4 is 5.96 Å². The highest BCUT2D eigenvalue weighted by Crippen LogP contribution is 2.30. The van der Waals surface area contributed by atoms with E-state index in [0.29, 0.717) is 11.9 Å². The molecule has 3 nitrogen and oxygen atoms in total. The molecule has 1 heterocycles. The average molecular weight is 259 g/mol. The molecule has 2 rings (SSSR count). The second-order valence-corrected chi connectivity index (χ2v) is 5.92. The number of hydrogen-bond donors (Lipinski definition) is 1. The van der Waals surface area contributed by atoms with Gasteiger partial charge in [0.05, 0.1) is 12.1 Å². The van der Waals surface area contributed by atoms with Crippen molar-refractivity contribution in [2.45, 2.75) is 39.2 Å². The van der Waals surface area contributed by atoms with E-state index in [0.717, 1.165) is 25.9 Å². The Balaban J connectivity index is 2.22. The molecule has 19 heavy (non-hydrogen) atoms. The van der Waals surface area contributed by atoms with Gasteiger partial charge >= 0.3 is 0 Å². The Hall–Kier alpha value is -1.51.